The summed E-state index contributed by atoms with van der Waals surface area (Å²) in [6, 6.07) is 8.12. The number of carbonyl (C=O) groups is 3. The van der Waals surface area contributed by atoms with E-state index in [9.17, 15) is 19.6 Å². The van der Waals surface area contributed by atoms with Gasteiger partial charge in [0.05, 0.1) is 6.54 Å². The normalized spacial score (nSPS) is 10.3. The van der Waals surface area contributed by atoms with E-state index in [1.54, 1.807) is 19.1 Å². The summed E-state index contributed by atoms with van der Waals surface area (Å²) in [4.78, 5) is 34.8. The number of benzene rings is 1. The monoisotopic (exact) mass is 276 g/mol. The quantitative estimate of drug-likeness (QED) is 0.383. The average molecular weight is 276 g/mol. The fraction of sp³-hybridized carbons (Fsp3) is 0.214. The average Bonchev–Trinajstić information content (AvgIpc) is 2.49. The highest BCUT2D eigenvalue weighted by Gasteiger charge is 2.22. The molecule has 0 fully saturated rings. The molecule has 0 saturated heterocycles. The van der Waals surface area contributed by atoms with Crippen LogP contribution in [-0.2, 0) is 9.59 Å². The van der Waals surface area contributed by atoms with Crippen LogP contribution in [0.25, 0.3) is 6.08 Å². The van der Waals surface area contributed by atoms with E-state index in [2.05, 4.69) is 0 Å². The van der Waals surface area contributed by atoms with E-state index in [4.69, 9.17) is 0 Å². The summed E-state index contributed by atoms with van der Waals surface area (Å²) in [6.07, 6.45) is 3.14. The number of hydrogen-bond donors (Lipinski definition) is 1. The van der Waals surface area contributed by atoms with Crippen molar-refractivity contribution in [3.8, 4) is 0 Å². The number of rotatable bonds is 5. The molecule has 6 heteroatoms. The van der Waals surface area contributed by atoms with Gasteiger partial charge in [0.25, 0.3) is 5.91 Å². The van der Waals surface area contributed by atoms with Gasteiger partial charge in [0, 0.05) is 12.6 Å². The van der Waals surface area contributed by atoms with E-state index in [0.29, 0.717) is 16.2 Å². The largest absolute Gasteiger partial charge is 0.351 e. The highest BCUT2D eigenvalue weighted by molar-refractivity contribution is 6.03. The van der Waals surface area contributed by atoms with Crippen molar-refractivity contribution in [2.75, 3.05) is 13.1 Å². The van der Waals surface area contributed by atoms with Gasteiger partial charge in [0.1, 0.15) is 6.29 Å². The summed E-state index contributed by atoms with van der Waals surface area (Å²) in [5.74, 6) is -0.668. The number of amides is 3. The van der Waals surface area contributed by atoms with Crippen LogP contribution in [-0.4, -0.2) is 46.5 Å². The minimum Gasteiger partial charge on any atom is -0.301 e. The Bertz CT molecular complexity index is 499. The van der Waals surface area contributed by atoms with Crippen LogP contribution >= 0.6 is 0 Å². The van der Waals surface area contributed by atoms with E-state index in [1.807, 2.05) is 18.2 Å². The van der Waals surface area contributed by atoms with E-state index in [1.165, 1.54) is 12.2 Å². The molecule has 1 N–H and O–H groups in total. The van der Waals surface area contributed by atoms with E-state index in [0.717, 1.165) is 5.56 Å². The first-order chi connectivity index (χ1) is 9.60. The lowest BCUT2D eigenvalue weighted by Crippen LogP contribution is -2.45. The summed E-state index contributed by atoms with van der Waals surface area (Å²) in [6.45, 7) is 1.15. The molecule has 0 aliphatic rings. The predicted molar refractivity (Wildman–Crippen MR) is 72.8 cm³/mol. The maximum absolute atomic E-state index is 11.9. The van der Waals surface area contributed by atoms with Crippen LogP contribution in [0.3, 0.4) is 0 Å². The van der Waals surface area contributed by atoms with Crippen molar-refractivity contribution in [1.29, 1.82) is 0 Å². The molecule has 6 nitrogen and oxygen atoms in total. The fourth-order valence-electron chi connectivity index (χ4n) is 1.43. The lowest BCUT2D eigenvalue weighted by Gasteiger charge is -2.21. The minimum atomic E-state index is -0.928. The lowest BCUT2D eigenvalue weighted by atomic mass is 10.2. The predicted octanol–water partition coefficient (Wildman–Crippen LogP) is 1.56. The van der Waals surface area contributed by atoms with Crippen molar-refractivity contribution in [3.05, 3.63) is 42.0 Å². The van der Waals surface area contributed by atoms with Crippen LogP contribution in [0, 0.1) is 0 Å². The number of nitrogens with zero attached hydrogens (tertiary/aromatic N) is 2. The summed E-state index contributed by atoms with van der Waals surface area (Å²) < 4.78 is 0. The van der Waals surface area contributed by atoms with E-state index >= 15 is 0 Å². The smallest absolute Gasteiger partial charge is 0.301 e. The van der Waals surface area contributed by atoms with Gasteiger partial charge in [0.15, 0.2) is 0 Å². The third-order valence-corrected chi connectivity index (χ3v) is 2.49. The summed E-state index contributed by atoms with van der Waals surface area (Å²) in [5.41, 5.74) is 0.788. The first-order valence-corrected chi connectivity index (χ1v) is 6.08. The third-order valence-electron chi connectivity index (χ3n) is 2.49. The second-order valence-electron chi connectivity index (χ2n) is 3.86. The Morgan fingerprint density at radius 3 is 2.45 bits per heavy atom. The SMILES string of the molecule is CCN(O)C(=O)N(CC=O)C(=O)/C=C/c1ccccc1. The van der Waals surface area contributed by atoms with Crippen LogP contribution < -0.4 is 0 Å². The van der Waals surface area contributed by atoms with Gasteiger partial charge in [-0.3, -0.25) is 14.9 Å². The molecule has 0 aromatic heterocycles. The summed E-state index contributed by atoms with van der Waals surface area (Å²) in [5, 5.41) is 9.68. The van der Waals surface area contributed by atoms with Gasteiger partial charge >= 0.3 is 6.03 Å². The molecule has 0 aliphatic carbocycles. The molecule has 0 heterocycles. The lowest BCUT2D eigenvalue weighted by molar-refractivity contribution is -0.129. The van der Waals surface area contributed by atoms with Crippen molar-refractivity contribution in [2.45, 2.75) is 6.92 Å². The van der Waals surface area contributed by atoms with Crippen molar-refractivity contribution >= 4 is 24.3 Å². The second-order valence-corrected chi connectivity index (χ2v) is 3.86. The summed E-state index contributed by atoms with van der Waals surface area (Å²) >= 11 is 0. The molecule has 0 spiro atoms. The van der Waals surface area contributed by atoms with E-state index in [-0.39, 0.29) is 6.54 Å². The van der Waals surface area contributed by atoms with Crippen LogP contribution in [0.4, 0.5) is 4.79 Å². The molecular weight excluding hydrogens is 260 g/mol. The Morgan fingerprint density at radius 2 is 1.90 bits per heavy atom. The van der Waals surface area contributed by atoms with Gasteiger partial charge in [-0.1, -0.05) is 30.3 Å². The molecule has 0 bridgehead atoms. The molecule has 1 aromatic rings. The van der Waals surface area contributed by atoms with Crippen molar-refractivity contribution in [2.24, 2.45) is 0 Å². The van der Waals surface area contributed by atoms with Crippen LogP contribution in [0.5, 0.6) is 0 Å². The number of imide groups is 1. The Hall–Kier alpha value is -2.47. The van der Waals surface area contributed by atoms with Crippen molar-refractivity contribution in [1.82, 2.24) is 9.96 Å². The molecule has 0 radical (unpaired) electrons. The Kier molecular flexibility index (Phi) is 6.12. The fourth-order valence-corrected chi connectivity index (χ4v) is 1.43. The van der Waals surface area contributed by atoms with Gasteiger partial charge in [-0.15, -0.1) is 0 Å². The van der Waals surface area contributed by atoms with Crippen molar-refractivity contribution < 1.29 is 19.6 Å². The first-order valence-electron chi connectivity index (χ1n) is 6.08. The standard InChI is InChI=1S/C14H16N2O4/c1-2-16(20)14(19)15(10-11-17)13(18)9-8-12-6-4-3-5-7-12/h3-9,11,20H,2,10H2,1H3/b9-8+. The van der Waals surface area contributed by atoms with Crippen LogP contribution in [0.1, 0.15) is 12.5 Å². The highest BCUT2D eigenvalue weighted by Crippen LogP contribution is 2.03. The maximum Gasteiger partial charge on any atom is 0.351 e. The van der Waals surface area contributed by atoms with Gasteiger partial charge < -0.3 is 4.79 Å². The molecule has 3 amide bonds. The van der Waals surface area contributed by atoms with Gasteiger partial charge in [-0.05, 0) is 18.6 Å². The number of aldehydes is 1. The molecule has 0 aliphatic heterocycles. The minimum absolute atomic E-state index is 0.0177. The van der Waals surface area contributed by atoms with Gasteiger partial charge in [-0.2, -0.15) is 0 Å². The zero-order valence-corrected chi connectivity index (χ0v) is 11.1. The topological polar surface area (TPSA) is 77.9 Å². The number of hydrogen-bond acceptors (Lipinski definition) is 4. The van der Waals surface area contributed by atoms with Gasteiger partial charge in [0.2, 0.25) is 0 Å². The number of hydroxylamine groups is 2. The molecule has 0 atom stereocenters. The Labute approximate surface area is 116 Å². The summed E-state index contributed by atoms with van der Waals surface area (Å²) in [7, 11) is 0. The molecule has 0 unspecified atom stereocenters. The van der Waals surface area contributed by atoms with Crippen LogP contribution in [0.2, 0.25) is 0 Å². The Morgan fingerprint density at radius 1 is 1.25 bits per heavy atom. The second kappa shape index (κ2) is 7.85. The third kappa shape index (κ3) is 4.33. The highest BCUT2D eigenvalue weighted by atomic mass is 16.5. The number of carbonyl (C=O) groups excluding carboxylic acids is 3. The Balaban J connectivity index is 2.81. The van der Waals surface area contributed by atoms with Crippen LogP contribution in [0.15, 0.2) is 36.4 Å². The van der Waals surface area contributed by atoms with E-state index < -0.39 is 18.5 Å². The molecular formula is C14H16N2O4. The van der Waals surface area contributed by atoms with Gasteiger partial charge in [-0.25, -0.2) is 9.86 Å². The van der Waals surface area contributed by atoms with Crippen molar-refractivity contribution in [3.63, 3.8) is 0 Å². The molecule has 106 valence electrons. The molecule has 20 heavy (non-hydrogen) atoms. The maximum atomic E-state index is 11.9. The number of urea groups is 1. The first kappa shape index (κ1) is 15.6. The molecule has 1 rings (SSSR count). The zero-order chi connectivity index (χ0) is 15.0. The molecule has 0 saturated carbocycles. The zero-order valence-electron chi connectivity index (χ0n) is 11.1. The molecule has 1 aromatic carbocycles.